The summed E-state index contributed by atoms with van der Waals surface area (Å²) in [5.41, 5.74) is 0.0773. The molecule has 0 saturated carbocycles. The van der Waals surface area contributed by atoms with Crippen LogP contribution in [0.25, 0.3) is 11.0 Å². The van der Waals surface area contributed by atoms with E-state index in [4.69, 9.17) is 13.9 Å². The largest absolute Gasteiger partial charge is 0.478 e. The van der Waals surface area contributed by atoms with Gasteiger partial charge in [-0.1, -0.05) is 6.92 Å². The van der Waals surface area contributed by atoms with Crippen LogP contribution in [-0.2, 0) is 19.6 Å². The lowest BCUT2D eigenvalue weighted by atomic mass is 10.2. The van der Waals surface area contributed by atoms with Crippen LogP contribution in [0.4, 0.5) is 0 Å². The molecule has 0 saturated heterocycles. The zero-order valence-electron chi connectivity index (χ0n) is 14.1. The van der Waals surface area contributed by atoms with Gasteiger partial charge in [0.05, 0.1) is 11.5 Å². The summed E-state index contributed by atoms with van der Waals surface area (Å²) in [4.78, 5) is 23.0. The van der Waals surface area contributed by atoms with Crippen molar-refractivity contribution in [3.8, 4) is 5.75 Å². The molecule has 0 aliphatic heterocycles. The molecule has 0 bridgehead atoms. The summed E-state index contributed by atoms with van der Waals surface area (Å²) in [6, 6.07) is 4.05. The Balaban J connectivity index is 2.52. The predicted octanol–water partition coefficient (Wildman–Crippen LogP) is 1.88. The first-order valence-corrected chi connectivity index (χ1v) is 9.14. The molecule has 2 rings (SSSR count). The van der Waals surface area contributed by atoms with Crippen LogP contribution < -0.4 is 9.46 Å². The molecule has 0 radical (unpaired) electrons. The highest BCUT2D eigenvalue weighted by Crippen LogP contribution is 2.34. The molecule has 1 N–H and O–H groups in total. The molecular formula is C16H19NO7S. The number of Topliss-reactive ketones (excluding diaryl/α,β-unsaturated/α-hetero) is 1. The van der Waals surface area contributed by atoms with Gasteiger partial charge >= 0.3 is 5.97 Å². The fourth-order valence-corrected chi connectivity index (χ4v) is 3.43. The lowest BCUT2D eigenvalue weighted by Crippen LogP contribution is -2.23. The van der Waals surface area contributed by atoms with Gasteiger partial charge in [0.25, 0.3) is 0 Å². The van der Waals surface area contributed by atoms with Crippen molar-refractivity contribution in [1.82, 2.24) is 4.72 Å². The van der Waals surface area contributed by atoms with Gasteiger partial charge in [0.15, 0.2) is 29.5 Å². The maximum atomic E-state index is 12.3. The van der Waals surface area contributed by atoms with Crippen molar-refractivity contribution in [2.45, 2.75) is 25.7 Å². The van der Waals surface area contributed by atoms with Crippen molar-refractivity contribution in [2.75, 3.05) is 19.8 Å². The van der Waals surface area contributed by atoms with Gasteiger partial charge in [-0.05, 0) is 25.1 Å². The second kappa shape index (κ2) is 7.66. The molecule has 1 aromatic heterocycles. The molecule has 0 fully saturated rings. The second-order valence-corrected chi connectivity index (χ2v) is 6.80. The summed E-state index contributed by atoms with van der Waals surface area (Å²) in [5, 5.41) is 0.201. The molecule has 0 amide bonds. The van der Waals surface area contributed by atoms with Crippen molar-refractivity contribution in [1.29, 1.82) is 0 Å². The third-order valence-corrected chi connectivity index (χ3v) is 4.83. The van der Waals surface area contributed by atoms with Crippen LogP contribution in [0.2, 0.25) is 0 Å². The van der Waals surface area contributed by atoms with Gasteiger partial charge in [-0.25, -0.2) is 17.9 Å². The van der Waals surface area contributed by atoms with Gasteiger partial charge in [0, 0.05) is 18.9 Å². The lowest BCUT2D eigenvalue weighted by Gasteiger charge is -2.09. The minimum atomic E-state index is -3.77. The number of benzene rings is 1. The number of rotatable bonds is 8. The average molecular weight is 369 g/mol. The topological polar surface area (TPSA) is 112 Å². The summed E-state index contributed by atoms with van der Waals surface area (Å²) in [5.74, 6) is -0.793. The highest BCUT2D eigenvalue weighted by Gasteiger charge is 2.23. The number of ether oxygens (including phenoxy) is 2. The van der Waals surface area contributed by atoms with Gasteiger partial charge in [-0.15, -0.1) is 0 Å². The minimum Gasteiger partial charge on any atom is -0.478 e. The maximum Gasteiger partial charge on any atom is 0.344 e. The van der Waals surface area contributed by atoms with Crippen LogP contribution in [-0.4, -0.2) is 39.9 Å². The van der Waals surface area contributed by atoms with Crippen LogP contribution in [0.15, 0.2) is 27.5 Å². The highest BCUT2D eigenvalue weighted by atomic mass is 32.2. The van der Waals surface area contributed by atoms with E-state index in [2.05, 4.69) is 4.72 Å². The fourth-order valence-electron chi connectivity index (χ4n) is 2.20. The van der Waals surface area contributed by atoms with Gasteiger partial charge in [-0.3, -0.25) is 4.79 Å². The Hall–Kier alpha value is -2.39. The SMILES string of the molecule is CCNS(=O)(=O)c1ccc(OCC(=O)OCC)c2oc(C(C)=O)cc12. The van der Waals surface area contributed by atoms with E-state index in [0.717, 1.165) is 0 Å². The monoisotopic (exact) mass is 369 g/mol. The Labute approximate surface area is 145 Å². The lowest BCUT2D eigenvalue weighted by molar-refractivity contribution is -0.145. The van der Waals surface area contributed by atoms with Crippen LogP contribution in [0.5, 0.6) is 5.75 Å². The van der Waals surface area contributed by atoms with Gasteiger partial charge in [0.1, 0.15) is 0 Å². The Morgan fingerprint density at radius 3 is 2.56 bits per heavy atom. The Morgan fingerprint density at radius 1 is 1.24 bits per heavy atom. The van der Waals surface area contributed by atoms with Crippen molar-refractivity contribution in [2.24, 2.45) is 0 Å². The Kier molecular flexibility index (Phi) is 5.81. The highest BCUT2D eigenvalue weighted by molar-refractivity contribution is 7.89. The molecule has 25 heavy (non-hydrogen) atoms. The third-order valence-electron chi connectivity index (χ3n) is 3.23. The number of hydrogen-bond donors (Lipinski definition) is 1. The normalized spacial score (nSPS) is 11.5. The first-order chi connectivity index (χ1) is 11.8. The van der Waals surface area contributed by atoms with Crippen molar-refractivity contribution in [3.63, 3.8) is 0 Å². The Bertz CT molecular complexity index is 899. The number of hydrogen-bond acceptors (Lipinski definition) is 7. The predicted molar refractivity (Wildman–Crippen MR) is 89.2 cm³/mol. The average Bonchev–Trinajstić information content (AvgIpc) is 2.98. The zero-order valence-corrected chi connectivity index (χ0v) is 14.9. The van der Waals surface area contributed by atoms with Gasteiger partial charge in [-0.2, -0.15) is 0 Å². The summed E-state index contributed by atoms with van der Waals surface area (Å²) < 4.78 is 42.6. The van der Waals surface area contributed by atoms with E-state index >= 15 is 0 Å². The molecule has 8 nitrogen and oxygen atoms in total. The fraction of sp³-hybridized carbons (Fsp3) is 0.375. The standard InChI is InChI=1S/C16H19NO7S/c1-4-17-25(20,21)14-7-6-12(23-9-15(19)22-5-2)16-11(14)8-13(24-16)10(3)18/h6-8,17H,4-5,9H2,1-3H3. The number of esters is 1. The van der Waals surface area contributed by atoms with E-state index in [1.807, 2.05) is 0 Å². The van der Waals surface area contributed by atoms with E-state index in [0.29, 0.717) is 0 Å². The Morgan fingerprint density at radius 2 is 1.96 bits per heavy atom. The van der Waals surface area contributed by atoms with Crippen LogP contribution in [0.3, 0.4) is 0 Å². The van der Waals surface area contributed by atoms with Crippen LogP contribution >= 0.6 is 0 Å². The van der Waals surface area contributed by atoms with Crippen molar-refractivity contribution >= 4 is 32.7 Å². The smallest absolute Gasteiger partial charge is 0.344 e. The van der Waals surface area contributed by atoms with E-state index in [9.17, 15) is 18.0 Å². The van der Waals surface area contributed by atoms with Crippen LogP contribution in [0, 0.1) is 0 Å². The van der Waals surface area contributed by atoms with E-state index < -0.39 is 16.0 Å². The number of sulfonamides is 1. The first-order valence-electron chi connectivity index (χ1n) is 7.65. The molecule has 2 aromatic rings. The summed E-state index contributed by atoms with van der Waals surface area (Å²) in [6.45, 7) is 4.69. The number of carbonyl (C=O) groups is 2. The minimum absolute atomic E-state index is 0.00451. The number of ketones is 1. The molecule has 1 aromatic carbocycles. The number of carbonyl (C=O) groups excluding carboxylic acids is 2. The van der Waals surface area contributed by atoms with Crippen molar-refractivity contribution < 1.29 is 31.9 Å². The molecule has 0 unspecified atom stereocenters. The molecule has 0 aliphatic carbocycles. The summed E-state index contributed by atoms with van der Waals surface area (Å²) in [6.07, 6.45) is 0. The van der Waals surface area contributed by atoms with E-state index in [-0.39, 0.29) is 52.9 Å². The molecule has 1 heterocycles. The van der Waals surface area contributed by atoms with Gasteiger partial charge in [0.2, 0.25) is 10.0 Å². The molecule has 0 spiro atoms. The summed E-state index contributed by atoms with van der Waals surface area (Å²) >= 11 is 0. The van der Waals surface area contributed by atoms with E-state index in [1.54, 1.807) is 13.8 Å². The molecule has 0 atom stereocenters. The van der Waals surface area contributed by atoms with E-state index in [1.165, 1.54) is 25.1 Å². The van der Waals surface area contributed by atoms with Gasteiger partial charge < -0.3 is 13.9 Å². The molecule has 9 heteroatoms. The first kappa shape index (κ1) is 18.9. The van der Waals surface area contributed by atoms with Crippen molar-refractivity contribution in [3.05, 3.63) is 24.0 Å². The number of furan rings is 1. The third kappa shape index (κ3) is 4.18. The zero-order chi connectivity index (χ0) is 18.6. The maximum absolute atomic E-state index is 12.3. The molecular weight excluding hydrogens is 350 g/mol. The quantitative estimate of drug-likeness (QED) is 0.558. The van der Waals surface area contributed by atoms with Crippen LogP contribution in [0.1, 0.15) is 31.3 Å². The summed E-state index contributed by atoms with van der Waals surface area (Å²) in [7, 11) is -3.77. The molecule has 0 aliphatic rings. The second-order valence-electron chi connectivity index (χ2n) is 5.07. The number of nitrogens with one attached hydrogen (secondary N) is 1. The number of fused-ring (bicyclic) bond motifs is 1. The molecule has 136 valence electrons.